The quantitative estimate of drug-likeness (QED) is 0.783. The van der Waals surface area contributed by atoms with E-state index in [1.165, 1.54) is 16.8 Å². The molecule has 0 amide bonds. The third-order valence-electron chi connectivity index (χ3n) is 5.66. The van der Waals surface area contributed by atoms with Crippen LogP contribution < -0.4 is 10.1 Å². The smallest absolute Gasteiger partial charge is 0.166 e. The Hall–Kier alpha value is -2.04. The van der Waals surface area contributed by atoms with Crippen molar-refractivity contribution in [1.82, 2.24) is 4.90 Å². The molecule has 1 saturated heterocycles. The van der Waals surface area contributed by atoms with E-state index in [9.17, 15) is 4.79 Å². The molecule has 0 radical (unpaired) electrons. The highest BCUT2D eigenvalue weighted by molar-refractivity contribution is 5.98. The molecule has 0 bridgehead atoms. The summed E-state index contributed by atoms with van der Waals surface area (Å²) in [6, 6.07) is 14.1. The van der Waals surface area contributed by atoms with Gasteiger partial charge in [0.2, 0.25) is 0 Å². The number of piperidine rings is 1. The number of anilines is 1. The monoisotopic (exact) mass is 386 g/mol. The number of hydrogen-bond acceptors (Lipinski definition) is 4. The third-order valence-corrected chi connectivity index (χ3v) is 5.66. The van der Waals surface area contributed by atoms with Gasteiger partial charge in [-0.1, -0.05) is 18.2 Å². The van der Waals surface area contributed by atoms with Gasteiger partial charge in [-0.25, -0.2) is 0 Å². The number of para-hydroxylation sites is 1. The first-order valence-corrected chi connectivity index (χ1v) is 9.50. The molecule has 0 aromatic heterocycles. The average Bonchev–Trinajstić information content (AvgIpc) is 3.18. The number of nitrogens with zero attached hydrogens (tertiary/aromatic N) is 1. The van der Waals surface area contributed by atoms with Gasteiger partial charge in [-0.3, -0.25) is 9.69 Å². The van der Waals surface area contributed by atoms with Crippen LogP contribution in [0.3, 0.4) is 0 Å². The molecule has 1 N–H and O–H groups in total. The van der Waals surface area contributed by atoms with Crippen LogP contribution in [0.15, 0.2) is 42.5 Å². The number of ketones is 1. The largest absolute Gasteiger partial charge is 0.497 e. The lowest BCUT2D eigenvalue weighted by Crippen LogP contribution is -2.36. The molecule has 0 atom stereocenters. The van der Waals surface area contributed by atoms with E-state index in [2.05, 4.69) is 28.4 Å². The lowest BCUT2D eigenvalue weighted by molar-refractivity contribution is 0.0835. The molecule has 4 rings (SSSR count). The molecule has 2 aromatic carbocycles. The first kappa shape index (κ1) is 19.7. The van der Waals surface area contributed by atoms with Gasteiger partial charge in [0.1, 0.15) is 5.75 Å². The standard InChI is InChI=1S/C22H26N2O2.ClH/c1-26-20-7-5-17(6-8-20)22(25)18-10-13-24(14-11-18)15-19-4-2-3-16-9-12-23-21(16)19;/h2-8,18,23H,9-15H2,1H3;1H. The van der Waals surface area contributed by atoms with E-state index >= 15 is 0 Å². The van der Waals surface area contributed by atoms with Crippen molar-refractivity contribution in [2.24, 2.45) is 5.92 Å². The highest BCUT2D eigenvalue weighted by Gasteiger charge is 2.26. The maximum absolute atomic E-state index is 12.7. The van der Waals surface area contributed by atoms with Gasteiger partial charge in [-0.05, 0) is 67.7 Å². The summed E-state index contributed by atoms with van der Waals surface area (Å²) in [4.78, 5) is 15.2. The van der Waals surface area contributed by atoms with Crippen LogP contribution >= 0.6 is 12.4 Å². The number of rotatable bonds is 5. The normalized spacial score (nSPS) is 16.9. The Bertz CT molecular complexity index is 783. The molecule has 0 unspecified atom stereocenters. The summed E-state index contributed by atoms with van der Waals surface area (Å²) in [5.74, 6) is 1.20. The second-order valence-electron chi connectivity index (χ2n) is 7.27. The molecule has 27 heavy (non-hydrogen) atoms. The predicted octanol–water partition coefficient (Wildman–Crippen LogP) is 4.18. The average molecular weight is 387 g/mol. The summed E-state index contributed by atoms with van der Waals surface area (Å²) in [5, 5.41) is 3.53. The van der Waals surface area contributed by atoms with E-state index in [-0.39, 0.29) is 24.1 Å². The van der Waals surface area contributed by atoms with Crippen molar-refractivity contribution >= 4 is 23.9 Å². The summed E-state index contributed by atoms with van der Waals surface area (Å²) in [6.07, 6.45) is 3.00. The Balaban J connectivity index is 0.00000210. The van der Waals surface area contributed by atoms with Gasteiger partial charge >= 0.3 is 0 Å². The van der Waals surface area contributed by atoms with E-state index in [1.807, 2.05) is 24.3 Å². The number of carbonyl (C=O) groups excluding carboxylic acids is 1. The van der Waals surface area contributed by atoms with Crippen molar-refractivity contribution in [2.45, 2.75) is 25.8 Å². The first-order chi connectivity index (χ1) is 12.7. The Kier molecular flexibility index (Phi) is 6.40. The Labute approximate surface area is 167 Å². The van der Waals surface area contributed by atoms with E-state index in [0.29, 0.717) is 0 Å². The highest BCUT2D eigenvalue weighted by atomic mass is 35.5. The van der Waals surface area contributed by atoms with Crippen LogP contribution in [0.5, 0.6) is 5.75 Å². The van der Waals surface area contributed by atoms with E-state index in [0.717, 1.165) is 56.8 Å². The van der Waals surface area contributed by atoms with Crippen molar-refractivity contribution in [3.8, 4) is 5.75 Å². The summed E-state index contributed by atoms with van der Waals surface area (Å²) < 4.78 is 5.17. The van der Waals surface area contributed by atoms with Crippen LogP contribution in [-0.4, -0.2) is 37.4 Å². The van der Waals surface area contributed by atoms with Gasteiger partial charge in [0, 0.05) is 30.3 Å². The number of benzene rings is 2. The highest BCUT2D eigenvalue weighted by Crippen LogP contribution is 2.29. The molecule has 2 heterocycles. The zero-order valence-corrected chi connectivity index (χ0v) is 16.6. The maximum Gasteiger partial charge on any atom is 0.166 e. The molecule has 4 nitrogen and oxygen atoms in total. The van der Waals surface area contributed by atoms with Gasteiger partial charge in [-0.15, -0.1) is 12.4 Å². The maximum atomic E-state index is 12.7. The van der Waals surface area contributed by atoms with Crippen LogP contribution in [0.25, 0.3) is 0 Å². The topological polar surface area (TPSA) is 41.6 Å². The van der Waals surface area contributed by atoms with Gasteiger partial charge in [-0.2, -0.15) is 0 Å². The molecule has 0 aliphatic carbocycles. The van der Waals surface area contributed by atoms with Crippen molar-refractivity contribution in [3.05, 3.63) is 59.2 Å². The number of halogens is 1. The summed E-state index contributed by atoms with van der Waals surface area (Å²) in [7, 11) is 1.64. The molecule has 144 valence electrons. The fraction of sp³-hybridized carbons (Fsp3) is 0.409. The number of methoxy groups -OCH3 is 1. The molecule has 1 fully saturated rings. The molecule has 2 aliphatic rings. The lowest BCUT2D eigenvalue weighted by atomic mass is 9.88. The van der Waals surface area contributed by atoms with Crippen LogP contribution in [0, 0.1) is 5.92 Å². The number of nitrogens with one attached hydrogen (secondary N) is 1. The van der Waals surface area contributed by atoms with Crippen molar-refractivity contribution in [3.63, 3.8) is 0 Å². The minimum atomic E-state index is 0. The number of likely N-dealkylation sites (tertiary alicyclic amines) is 1. The molecule has 5 heteroatoms. The number of Topliss-reactive ketones (excluding diaryl/α,β-unsaturated/α-hetero) is 1. The molecule has 2 aliphatic heterocycles. The number of fused-ring (bicyclic) bond motifs is 1. The Morgan fingerprint density at radius 1 is 1.15 bits per heavy atom. The summed E-state index contributed by atoms with van der Waals surface area (Å²) in [6.45, 7) is 3.98. The van der Waals surface area contributed by atoms with Crippen molar-refractivity contribution in [1.29, 1.82) is 0 Å². The lowest BCUT2D eigenvalue weighted by Gasteiger charge is -2.31. The first-order valence-electron chi connectivity index (χ1n) is 9.50. The predicted molar refractivity (Wildman–Crippen MR) is 111 cm³/mol. The van der Waals surface area contributed by atoms with Gasteiger partial charge < -0.3 is 10.1 Å². The molecule has 0 saturated carbocycles. The van der Waals surface area contributed by atoms with E-state index in [4.69, 9.17) is 4.74 Å². The third kappa shape index (κ3) is 4.28. The fourth-order valence-corrected chi connectivity index (χ4v) is 4.13. The van der Waals surface area contributed by atoms with E-state index < -0.39 is 0 Å². The van der Waals surface area contributed by atoms with Gasteiger partial charge in [0.05, 0.1) is 7.11 Å². The molecular formula is C22H27ClN2O2. The number of hydrogen-bond donors (Lipinski definition) is 1. The van der Waals surface area contributed by atoms with Crippen molar-refractivity contribution in [2.75, 3.05) is 32.1 Å². The number of carbonyl (C=O) groups is 1. The Morgan fingerprint density at radius 3 is 2.59 bits per heavy atom. The van der Waals surface area contributed by atoms with Crippen LogP contribution in [0.4, 0.5) is 5.69 Å². The second-order valence-corrected chi connectivity index (χ2v) is 7.27. The number of ether oxygens (including phenoxy) is 1. The zero-order valence-electron chi connectivity index (χ0n) is 15.7. The second kappa shape index (κ2) is 8.77. The van der Waals surface area contributed by atoms with Crippen LogP contribution in [-0.2, 0) is 13.0 Å². The van der Waals surface area contributed by atoms with E-state index in [1.54, 1.807) is 7.11 Å². The molecular weight excluding hydrogens is 360 g/mol. The van der Waals surface area contributed by atoms with Crippen molar-refractivity contribution < 1.29 is 9.53 Å². The fourth-order valence-electron chi connectivity index (χ4n) is 4.13. The molecule has 0 spiro atoms. The van der Waals surface area contributed by atoms with Crippen LogP contribution in [0.2, 0.25) is 0 Å². The minimum absolute atomic E-state index is 0. The molecule has 2 aromatic rings. The van der Waals surface area contributed by atoms with Gasteiger partial charge in [0.15, 0.2) is 5.78 Å². The van der Waals surface area contributed by atoms with Gasteiger partial charge in [0.25, 0.3) is 0 Å². The van der Waals surface area contributed by atoms with Crippen LogP contribution in [0.1, 0.15) is 34.3 Å². The summed E-state index contributed by atoms with van der Waals surface area (Å²) in [5.41, 5.74) is 4.96. The summed E-state index contributed by atoms with van der Waals surface area (Å²) >= 11 is 0. The SMILES string of the molecule is COc1ccc(C(=O)C2CCN(Cc3cccc4c3NCC4)CC2)cc1.Cl. The zero-order chi connectivity index (χ0) is 17.9. The minimum Gasteiger partial charge on any atom is -0.497 e. The Morgan fingerprint density at radius 2 is 1.89 bits per heavy atom.